The van der Waals surface area contributed by atoms with E-state index in [4.69, 9.17) is 4.74 Å². The fraction of sp³-hybridized carbons (Fsp3) is 0.182. The zero-order valence-electron chi connectivity index (χ0n) is 16.2. The van der Waals surface area contributed by atoms with Gasteiger partial charge >= 0.3 is 5.69 Å². The van der Waals surface area contributed by atoms with Gasteiger partial charge in [-0.1, -0.05) is 18.2 Å². The van der Waals surface area contributed by atoms with Crippen molar-refractivity contribution < 1.29 is 9.84 Å². The minimum Gasteiger partial charge on any atom is -0.497 e. The van der Waals surface area contributed by atoms with Gasteiger partial charge in [0.25, 0.3) is 5.56 Å². The van der Waals surface area contributed by atoms with E-state index in [1.54, 1.807) is 31.4 Å². The summed E-state index contributed by atoms with van der Waals surface area (Å²) in [5, 5.41) is 15.3. The van der Waals surface area contributed by atoms with E-state index in [1.807, 2.05) is 24.3 Å². The van der Waals surface area contributed by atoms with Crippen molar-refractivity contribution in [2.24, 2.45) is 0 Å². The number of benzene rings is 2. The maximum absolute atomic E-state index is 12.8. The summed E-state index contributed by atoms with van der Waals surface area (Å²) in [6.45, 7) is 0.616. The number of methoxy groups -OCH3 is 1. The minimum absolute atomic E-state index is 0.0953. The summed E-state index contributed by atoms with van der Waals surface area (Å²) in [4.78, 5) is 30.9. The summed E-state index contributed by atoms with van der Waals surface area (Å²) in [6.07, 6.45) is 0.760. The van der Waals surface area contributed by atoms with Crippen LogP contribution in [0.3, 0.4) is 0 Å². The number of hydrogen-bond acceptors (Lipinski definition) is 5. The molecule has 3 heterocycles. The van der Waals surface area contributed by atoms with Crippen molar-refractivity contribution in [3.8, 4) is 17.3 Å². The number of nitrogens with one attached hydrogen (secondary N) is 3. The Kier molecular flexibility index (Phi) is 4.22. The van der Waals surface area contributed by atoms with E-state index < -0.39 is 17.3 Å². The second-order valence-corrected chi connectivity index (χ2v) is 7.23. The SMILES string of the molecule is COc1ccc2[nH]c3c(c2c1)CCN[C@H]3c1c(O)n(-c2ccccc2)c(=O)[nH]c1=O. The molecule has 4 N–H and O–H groups in total. The first-order chi connectivity index (χ1) is 14.6. The third-order valence-electron chi connectivity index (χ3n) is 5.58. The average molecular weight is 404 g/mol. The van der Waals surface area contributed by atoms with Crippen LogP contribution in [0.4, 0.5) is 0 Å². The first-order valence-electron chi connectivity index (χ1n) is 9.64. The smallest absolute Gasteiger partial charge is 0.335 e. The number of H-pyrrole nitrogens is 2. The lowest BCUT2D eigenvalue weighted by molar-refractivity contribution is 0.409. The van der Waals surface area contributed by atoms with Crippen LogP contribution in [-0.2, 0) is 6.42 Å². The molecular formula is C22H20N4O4. The molecule has 152 valence electrons. The number of fused-ring (bicyclic) bond motifs is 3. The molecule has 0 radical (unpaired) electrons. The highest BCUT2D eigenvalue weighted by atomic mass is 16.5. The number of aromatic amines is 2. The Bertz CT molecular complexity index is 1370. The number of hydrogen-bond donors (Lipinski definition) is 4. The van der Waals surface area contributed by atoms with Gasteiger partial charge in [0.05, 0.1) is 18.8 Å². The predicted octanol–water partition coefficient (Wildman–Crippen LogP) is 1.96. The first kappa shape index (κ1) is 18.3. The summed E-state index contributed by atoms with van der Waals surface area (Å²) in [6, 6.07) is 13.9. The van der Waals surface area contributed by atoms with Crippen molar-refractivity contribution >= 4 is 10.9 Å². The minimum atomic E-state index is -0.690. The van der Waals surface area contributed by atoms with Crippen LogP contribution in [0.15, 0.2) is 58.1 Å². The Morgan fingerprint density at radius 1 is 1.10 bits per heavy atom. The van der Waals surface area contributed by atoms with E-state index in [2.05, 4.69) is 15.3 Å². The molecular weight excluding hydrogens is 384 g/mol. The van der Waals surface area contributed by atoms with Crippen LogP contribution in [-0.4, -0.2) is 33.3 Å². The number of rotatable bonds is 3. The first-order valence-corrected chi connectivity index (χ1v) is 9.64. The number of para-hydroxylation sites is 1. The lowest BCUT2D eigenvalue weighted by atomic mass is 9.95. The molecule has 30 heavy (non-hydrogen) atoms. The maximum atomic E-state index is 12.8. The van der Waals surface area contributed by atoms with Gasteiger partial charge in [-0.05, 0) is 42.3 Å². The molecule has 0 fully saturated rings. The van der Waals surface area contributed by atoms with E-state index in [0.29, 0.717) is 12.2 Å². The summed E-state index contributed by atoms with van der Waals surface area (Å²) < 4.78 is 6.46. The van der Waals surface area contributed by atoms with Crippen molar-refractivity contribution in [2.45, 2.75) is 12.5 Å². The normalized spacial score (nSPS) is 15.8. The standard InChI is InChI=1S/C22H20N4O4/c1-30-13-7-8-16-15(11-13)14-9-10-23-19(18(14)24-16)17-20(27)25-22(29)26(21(17)28)12-5-3-2-4-6-12/h2-8,11,19,23-24,28H,9-10H2,1H3,(H,25,27,29)/t19-/m0/s1. The Morgan fingerprint density at radius 3 is 2.67 bits per heavy atom. The number of aromatic nitrogens is 3. The molecule has 2 aromatic heterocycles. The molecule has 0 bridgehead atoms. The van der Waals surface area contributed by atoms with E-state index in [1.165, 1.54) is 0 Å². The lowest BCUT2D eigenvalue weighted by Crippen LogP contribution is -2.38. The molecule has 0 aliphatic carbocycles. The van der Waals surface area contributed by atoms with Crippen LogP contribution in [0.2, 0.25) is 0 Å². The molecule has 0 spiro atoms. The van der Waals surface area contributed by atoms with Crippen LogP contribution in [0.25, 0.3) is 16.6 Å². The Hall–Kier alpha value is -3.78. The summed E-state index contributed by atoms with van der Waals surface area (Å²) in [5.41, 5.74) is 2.03. The second-order valence-electron chi connectivity index (χ2n) is 7.23. The van der Waals surface area contributed by atoms with E-state index in [9.17, 15) is 14.7 Å². The fourth-order valence-corrected chi connectivity index (χ4v) is 4.20. The van der Waals surface area contributed by atoms with Crippen molar-refractivity contribution in [1.29, 1.82) is 0 Å². The monoisotopic (exact) mass is 404 g/mol. The summed E-state index contributed by atoms with van der Waals surface area (Å²) in [7, 11) is 1.62. The molecule has 0 amide bonds. The van der Waals surface area contributed by atoms with Crippen molar-refractivity contribution in [3.05, 3.63) is 86.2 Å². The van der Waals surface area contributed by atoms with Gasteiger partial charge in [-0.15, -0.1) is 0 Å². The highest BCUT2D eigenvalue weighted by Crippen LogP contribution is 2.36. The predicted molar refractivity (Wildman–Crippen MR) is 113 cm³/mol. The molecule has 5 rings (SSSR count). The molecule has 8 nitrogen and oxygen atoms in total. The second kappa shape index (κ2) is 6.93. The molecule has 0 unspecified atom stereocenters. The number of ether oxygens (including phenoxy) is 1. The van der Waals surface area contributed by atoms with Gasteiger partial charge in [0.1, 0.15) is 11.3 Å². The van der Waals surface area contributed by atoms with Gasteiger partial charge in [-0.2, -0.15) is 0 Å². The Balaban J connectivity index is 1.73. The van der Waals surface area contributed by atoms with E-state index in [-0.39, 0.29) is 11.4 Å². The summed E-state index contributed by atoms with van der Waals surface area (Å²) in [5.74, 6) is 0.370. The van der Waals surface area contributed by atoms with Crippen LogP contribution >= 0.6 is 0 Å². The van der Waals surface area contributed by atoms with Gasteiger partial charge < -0.3 is 20.1 Å². The van der Waals surface area contributed by atoms with Gasteiger partial charge in [0.2, 0.25) is 5.88 Å². The van der Waals surface area contributed by atoms with Crippen LogP contribution < -0.4 is 21.3 Å². The van der Waals surface area contributed by atoms with Gasteiger partial charge in [0.15, 0.2) is 0 Å². The van der Waals surface area contributed by atoms with Gasteiger partial charge in [-0.25, -0.2) is 9.36 Å². The Labute approximate surface area is 170 Å². The molecule has 2 aromatic carbocycles. The lowest BCUT2D eigenvalue weighted by Gasteiger charge is -2.25. The molecule has 0 saturated carbocycles. The van der Waals surface area contributed by atoms with Gasteiger partial charge in [0, 0.05) is 23.1 Å². The average Bonchev–Trinajstić information content (AvgIpc) is 3.13. The molecule has 4 aromatic rings. The number of nitrogens with zero attached hydrogens (tertiary/aromatic N) is 1. The third kappa shape index (κ3) is 2.73. The zero-order chi connectivity index (χ0) is 20.8. The highest BCUT2D eigenvalue weighted by Gasteiger charge is 2.31. The topological polar surface area (TPSA) is 112 Å². The molecule has 1 aliphatic heterocycles. The summed E-state index contributed by atoms with van der Waals surface area (Å²) >= 11 is 0. The molecule has 1 atom stereocenters. The Morgan fingerprint density at radius 2 is 1.90 bits per heavy atom. The van der Waals surface area contributed by atoms with E-state index >= 15 is 0 Å². The number of aromatic hydroxyl groups is 1. The van der Waals surface area contributed by atoms with Gasteiger partial charge in [-0.3, -0.25) is 9.78 Å². The van der Waals surface area contributed by atoms with Crippen LogP contribution in [0.1, 0.15) is 22.9 Å². The molecule has 0 saturated heterocycles. The zero-order valence-corrected chi connectivity index (χ0v) is 16.2. The largest absolute Gasteiger partial charge is 0.497 e. The maximum Gasteiger partial charge on any atom is 0.335 e. The third-order valence-corrected chi connectivity index (χ3v) is 5.58. The molecule has 1 aliphatic rings. The fourth-order valence-electron chi connectivity index (χ4n) is 4.20. The van der Waals surface area contributed by atoms with Crippen molar-refractivity contribution in [3.63, 3.8) is 0 Å². The van der Waals surface area contributed by atoms with Crippen LogP contribution in [0.5, 0.6) is 11.6 Å². The van der Waals surface area contributed by atoms with E-state index in [0.717, 1.165) is 38.9 Å². The van der Waals surface area contributed by atoms with Crippen molar-refractivity contribution in [2.75, 3.05) is 13.7 Å². The highest BCUT2D eigenvalue weighted by molar-refractivity contribution is 5.86. The molecule has 8 heteroatoms. The van der Waals surface area contributed by atoms with Crippen molar-refractivity contribution in [1.82, 2.24) is 19.9 Å². The quantitative estimate of drug-likeness (QED) is 0.417. The van der Waals surface area contributed by atoms with Crippen LogP contribution in [0, 0.1) is 0 Å².